The van der Waals surface area contributed by atoms with Crippen LogP contribution in [0.2, 0.25) is 5.02 Å². The first kappa shape index (κ1) is 27.2. The average molecular weight is 587 g/mol. The normalized spacial score (nSPS) is 12.0. The number of carboxylic acid groups (broad SMARTS) is 1. The van der Waals surface area contributed by atoms with Gasteiger partial charge in [-0.1, -0.05) is 54.1 Å². The molecule has 1 aromatic heterocycles. The number of aromatic carboxylic acids is 1. The van der Waals surface area contributed by atoms with Crippen LogP contribution in [-0.4, -0.2) is 28.7 Å². The number of halogens is 4. The molecule has 204 valence electrons. The molecule has 12 heteroatoms. The second-order valence-corrected chi connectivity index (χ2v) is 10.8. The van der Waals surface area contributed by atoms with Gasteiger partial charge in [0.2, 0.25) is 0 Å². The molecule has 0 saturated carbocycles. The van der Waals surface area contributed by atoms with E-state index in [1.807, 2.05) is 6.07 Å². The van der Waals surface area contributed by atoms with Gasteiger partial charge in [0.25, 0.3) is 10.0 Å². The molecule has 0 aliphatic heterocycles. The standard InChI is InChI=1S/C28H18ClF3N2O5S/c29-19-11-13-23-21(15-19)26(33-34(23)40(37,38)25-9-5-4-8-22(25)28(30,31)32)20-12-10-18(27(35)36)14-24(20)39-16-17-6-2-1-3-7-17/h1-15H,16H2,(H,35,36). The number of hydrogen-bond donors (Lipinski definition) is 1. The number of carbonyl (C=O) groups is 1. The van der Waals surface area contributed by atoms with E-state index in [1.165, 1.54) is 42.5 Å². The first-order valence-electron chi connectivity index (χ1n) is 11.6. The molecular formula is C28H18ClF3N2O5S. The van der Waals surface area contributed by atoms with Crippen LogP contribution < -0.4 is 4.74 Å². The molecule has 0 saturated heterocycles. The fourth-order valence-corrected chi connectivity index (χ4v) is 5.85. The number of ether oxygens (including phenoxy) is 1. The Bertz CT molecular complexity index is 1860. The van der Waals surface area contributed by atoms with Gasteiger partial charge in [-0.15, -0.1) is 0 Å². The summed E-state index contributed by atoms with van der Waals surface area (Å²) in [6.07, 6.45) is -4.94. The molecule has 5 aromatic rings. The quantitative estimate of drug-likeness (QED) is 0.223. The van der Waals surface area contributed by atoms with Gasteiger partial charge in [-0.25, -0.2) is 4.79 Å². The van der Waals surface area contributed by atoms with Gasteiger partial charge in [-0.2, -0.15) is 30.8 Å². The third-order valence-electron chi connectivity index (χ3n) is 6.03. The van der Waals surface area contributed by atoms with Crippen molar-refractivity contribution in [1.29, 1.82) is 0 Å². The minimum atomic E-state index is -4.94. The van der Waals surface area contributed by atoms with Crippen LogP contribution in [0.1, 0.15) is 21.5 Å². The zero-order chi connectivity index (χ0) is 28.7. The average Bonchev–Trinajstić information content (AvgIpc) is 3.31. The van der Waals surface area contributed by atoms with E-state index in [-0.39, 0.29) is 45.1 Å². The fourth-order valence-electron chi connectivity index (χ4n) is 4.17. The van der Waals surface area contributed by atoms with Gasteiger partial charge in [0.05, 0.1) is 16.6 Å². The largest absolute Gasteiger partial charge is 0.488 e. The van der Waals surface area contributed by atoms with E-state index < -0.39 is 32.6 Å². The second-order valence-electron chi connectivity index (χ2n) is 8.64. The lowest BCUT2D eigenvalue weighted by atomic mass is 10.0. The Labute approximate surface area is 231 Å². The van der Waals surface area contributed by atoms with Crippen LogP contribution in [0.15, 0.2) is 95.9 Å². The van der Waals surface area contributed by atoms with Gasteiger partial charge < -0.3 is 9.84 Å². The number of fused-ring (bicyclic) bond motifs is 1. The molecule has 4 aromatic carbocycles. The van der Waals surface area contributed by atoms with Crippen molar-refractivity contribution in [3.63, 3.8) is 0 Å². The Balaban J connectivity index is 1.72. The SMILES string of the molecule is O=C(O)c1ccc(-c2nn(S(=O)(=O)c3ccccc3C(F)(F)F)c3ccc(Cl)cc23)c(OCc2ccccc2)c1. The minimum absolute atomic E-state index is 0.0190. The Kier molecular flexibility index (Phi) is 7.03. The molecule has 0 amide bonds. The van der Waals surface area contributed by atoms with Gasteiger partial charge in [0, 0.05) is 16.0 Å². The highest BCUT2D eigenvalue weighted by Gasteiger charge is 2.38. The second kappa shape index (κ2) is 10.3. The summed E-state index contributed by atoms with van der Waals surface area (Å²) in [5, 5.41) is 14.2. The summed E-state index contributed by atoms with van der Waals surface area (Å²) < 4.78 is 75.0. The molecule has 0 unspecified atom stereocenters. The number of aromatic nitrogens is 2. The van der Waals surface area contributed by atoms with Crippen molar-refractivity contribution in [3.05, 3.63) is 113 Å². The molecular weight excluding hydrogens is 569 g/mol. The maximum atomic E-state index is 13.7. The van der Waals surface area contributed by atoms with Crippen molar-refractivity contribution in [3.8, 4) is 17.0 Å². The molecule has 0 spiro atoms. The van der Waals surface area contributed by atoms with Crippen molar-refractivity contribution >= 4 is 38.5 Å². The first-order chi connectivity index (χ1) is 19.0. The zero-order valence-corrected chi connectivity index (χ0v) is 21.8. The first-order valence-corrected chi connectivity index (χ1v) is 13.4. The number of alkyl halides is 3. The molecule has 0 atom stereocenters. The van der Waals surface area contributed by atoms with Crippen LogP contribution >= 0.6 is 11.6 Å². The summed E-state index contributed by atoms with van der Waals surface area (Å²) in [4.78, 5) is 10.7. The van der Waals surface area contributed by atoms with Gasteiger partial charge in [-0.05, 0) is 54.1 Å². The van der Waals surface area contributed by atoms with E-state index in [0.29, 0.717) is 10.2 Å². The summed E-state index contributed by atoms with van der Waals surface area (Å²) in [6, 6.07) is 20.9. The lowest BCUT2D eigenvalue weighted by Gasteiger charge is -2.13. The molecule has 0 bridgehead atoms. The van der Waals surface area contributed by atoms with Crippen LogP contribution in [0.3, 0.4) is 0 Å². The summed E-state index contributed by atoms with van der Waals surface area (Å²) in [5.41, 5.74) is -0.462. The van der Waals surface area contributed by atoms with Gasteiger partial charge in [0.15, 0.2) is 0 Å². The summed E-state index contributed by atoms with van der Waals surface area (Å²) >= 11 is 6.21. The number of nitrogens with zero attached hydrogens (tertiary/aromatic N) is 2. The maximum absolute atomic E-state index is 13.7. The fraction of sp³-hybridized carbons (Fsp3) is 0.0714. The van der Waals surface area contributed by atoms with Crippen LogP contribution in [0.25, 0.3) is 22.2 Å². The molecule has 0 fully saturated rings. The molecule has 1 N–H and O–H groups in total. The summed E-state index contributed by atoms with van der Waals surface area (Å²) in [5.74, 6) is -1.15. The highest BCUT2D eigenvalue weighted by atomic mass is 35.5. The van der Waals surface area contributed by atoms with Crippen molar-refractivity contribution in [2.45, 2.75) is 17.7 Å². The summed E-state index contributed by atoms with van der Waals surface area (Å²) in [7, 11) is -4.86. The highest BCUT2D eigenvalue weighted by molar-refractivity contribution is 7.90. The predicted molar refractivity (Wildman–Crippen MR) is 142 cm³/mol. The Hall–Kier alpha value is -4.35. The summed E-state index contributed by atoms with van der Waals surface area (Å²) in [6.45, 7) is 0.0492. The van der Waals surface area contributed by atoms with Crippen LogP contribution in [0, 0.1) is 0 Å². The van der Waals surface area contributed by atoms with Crippen molar-refractivity contribution in [2.24, 2.45) is 0 Å². The Morgan fingerprint density at radius 1 is 0.950 bits per heavy atom. The number of carboxylic acids is 1. The number of hydrogen-bond acceptors (Lipinski definition) is 5. The predicted octanol–water partition coefficient (Wildman–Crippen LogP) is 6.89. The topological polar surface area (TPSA) is 98.5 Å². The van der Waals surface area contributed by atoms with E-state index in [1.54, 1.807) is 24.3 Å². The molecule has 0 aliphatic carbocycles. The van der Waals surface area contributed by atoms with E-state index in [0.717, 1.165) is 17.7 Å². The Morgan fingerprint density at radius 3 is 2.35 bits per heavy atom. The van der Waals surface area contributed by atoms with Crippen LogP contribution in [-0.2, 0) is 22.8 Å². The monoisotopic (exact) mass is 586 g/mol. The molecule has 0 aliphatic rings. The minimum Gasteiger partial charge on any atom is -0.488 e. The van der Waals surface area contributed by atoms with E-state index in [4.69, 9.17) is 16.3 Å². The lowest BCUT2D eigenvalue weighted by Crippen LogP contribution is -2.19. The molecule has 1 heterocycles. The van der Waals surface area contributed by atoms with Crippen LogP contribution in [0.5, 0.6) is 5.75 Å². The Morgan fingerprint density at radius 2 is 1.65 bits per heavy atom. The van der Waals surface area contributed by atoms with E-state index in [2.05, 4.69) is 5.10 Å². The van der Waals surface area contributed by atoms with Crippen molar-refractivity contribution < 1.29 is 36.2 Å². The van der Waals surface area contributed by atoms with Crippen LogP contribution in [0.4, 0.5) is 13.2 Å². The molecule has 5 rings (SSSR count). The zero-order valence-electron chi connectivity index (χ0n) is 20.3. The third kappa shape index (κ3) is 5.13. The molecule has 40 heavy (non-hydrogen) atoms. The van der Waals surface area contributed by atoms with Gasteiger partial charge in [0.1, 0.15) is 22.9 Å². The van der Waals surface area contributed by atoms with E-state index in [9.17, 15) is 31.5 Å². The molecule has 7 nitrogen and oxygen atoms in total. The van der Waals surface area contributed by atoms with Crippen molar-refractivity contribution in [2.75, 3.05) is 0 Å². The third-order valence-corrected chi connectivity index (χ3v) is 7.91. The van der Waals surface area contributed by atoms with Gasteiger partial charge in [-0.3, -0.25) is 0 Å². The maximum Gasteiger partial charge on any atom is 0.417 e. The van der Waals surface area contributed by atoms with Crippen molar-refractivity contribution in [1.82, 2.24) is 9.19 Å². The van der Waals surface area contributed by atoms with Gasteiger partial charge >= 0.3 is 12.1 Å². The number of rotatable bonds is 7. The molecule has 0 radical (unpaired) electrons. The smallest absolute Gasteiger partial charge is 0.417 e. The number of benzene rings is 4. The lowest BCUT2D eigenvalue weighted by molar-refractivity contribution is -0.139. The van der Waals surface area contributed by atoms with E-state index >= 15 is 0 Å². The highest BCUT2D eigenvalue weighted by Crippen LogP contribution is 2.39.